The standard InChI is InChI=1S/C22H22ClN5O3/c23-15-2-1-3-16(11-15)27-21-18-12-17(4-5-19(18)24-13-25-21)26-20(29)10-14-6-8-28(9-7-14)22(30)31/h1-5,10-12,24H,6-9,13H2,(H,25,27)(H,26,29)(H,30,31). The number of piperidine rings is 1. The molecule has 4 N–H and O–H groups in total. The zero-order chi connectivity index (χ0) is 21.8. The molecule has 1 saturated heterocycles. The van der Waals surface area contributed by atoms with Gasteiger partial charge in [-0.15, -0.1) is 0 Å². The monoisotopic (exact) mass is 439 g/mol. The number of carboxylic acid groups (broad SMARTS) is 1. The molecule has 0 spiro atoms. The lowest BCUT2D eigenvalue weighted by Crippen LogP contribution is -2.35. The summed E-state index contributed by atoms with van der Waals surface area (Å²) in [6.07, 6.45) is 1.77. The van der Waals surface area contributed by atoms with Crippen LogP contribution in [-0.2, 0) is 4.79 Å². The van der Waals surface area contributed by atoms with Crippen LogP contribution >= 0.6 is 11.6 Å². The van der Waals surface area contributed by atoms with Crippen molar-refractivity contribution in [3.63, 3.8) is 0 Å². The smallest absolute Gasteiger partial charge is 0.407 e. The van der Waals surface area contributed by atoms with Crippen LogP contribution < -0.4 is 16.0 Å². The van der Waals surface area contributed by atoms with Gasteiger partial charge in [-0.1, -0.05) is 23.2 Å². The number of fused-ring (bicyclic) bond motifs is 1. The van der Waals surface area contributed by atoms with Crippen molar-refractivity contribution in [2.75, 3.05) is 35.7 Å². The van der Waals surface area contributed by atoms with E-state index in [2.05, 4.69) is 20.9 Å². The molecule has 2 aliphatic rings. The summed E-state index contributed by atoms with van der Waals surface area (Å²) in [6, 6.07) is 13.0. The van der Waals surface area contributed by atoms with Crippen molar-refractivity contribution in [2.24, 2.45) is 4.99 Å². The van der Waals surface area contributed by atoms with E-state index in [-0.39, 0.29) is 5.91 Å². The summed E-state index contributed by atoms with van der Waals surface area (Å²) in [5, 5.41) is 19.0. The van der Waals surface area contributed by atoms with Crippen LogP contribution in [0.1, 0.15) is 18.4 Å². The molecule has 2 aromatic carbocycles. The lowest BCUT2D eigenvalue weighted by Gasteiger charge is -2.25. The lowest BCUT2D eigenvalue weighted by atomic mass is 10.0. The number of benzene rings is 2. The van der Waals surface area contributed by atoms with Crippen molar-refractivity contribution in [3.8, 4) is 0 Å². The SMILES string of the molecule is O=C(C=C1CCN(C(=O)O)CC1)Nc1ccc2c(c1)C(Nc1cccc(Cl)c1)=NCN2. The second-order valence-electron chi connectivity index (χ2n) is 7.30. The highest BCUT2D eigenvalue weighted by Crippen LogP contribution is 2.26. The molecular weight excluding hydrogens is 418 g/mol. The van der Waals surface area contributed by atoms with Gasteiger partial charge in [0.05, 0.1) is 0 Å². The quantitative estimate of drug-likeness (QED) is 0.536. The fraction of sp³-hybridized carbons (Fsp3) is 0.227. The van der Waals surface area contributed by atoms with Gasteiger partial charge in [0.2, 0.25) is 5.91 Å². The molecule has 4 rings (SSSR count). The van der Waals surface area contributed by atoms with Gasteiger partial charge in [0.25, 0.3) is 0 Å². The number of carbonyl (C=O) groups excluding carboxylic acids is 1. The maximum atomic E-state index is 12.5. The Labute approximate surface area is 184 Å². The topological polar surface area (TPSA) is 106 Å². The largest absolute Gasteiger partial charge is 0.465 e. The van der Waals surface area contributed by atoms with Gasteiger partial charge in [-0.05, 0) is 49.2 Å². The number of amidine groups is 1. The Morgan fingerprint density at radius 3 is 2.68 bits per heavy atom. The maximum absolute atomic E-state index is 12.5. The molecule has 0 aromatic heterocycles. The summed E-state index contributed by atoms with van der Waals surface area (Å²) in [5.41, 5.74) is 4.17. The highest BCUT2D eigenvalue weighted by Gasteiger charge is 2.19. The van der Waals surface area contributed by atoms with E-state index in [1.807, 2.05) is 36.4 Å². The molecule has 0 saturated carbocycles. The number of hydrogen-bond acceptors (Lipinski definition) is 5. The molecule has 2 aliphatic heterocycles. The van der Waals surface area contributed by atoms with Crippen LogP contribution in [0, 0.1) is 0 Å². The molecular formula is C22H22ClN5O3. The number of nitrogens with zero attached hydrogens (tertiary/aromatic N) is 2. The first kappa shape index (κ1) is 20.7. The average Bonchev–Trinajstić information content (AvgIpc) is 2.74. The van der Waals surface area contributed by atoms with Crippen LogP contribution in [0.15, 0.2) is 59.1 Å². The zero-order valence-electron chi connectivity index (χ0n) is 16.7. The minimum atomic E-state index is -0.921. The van der Waals surface area contributed by atoms with Gasteiger partial charge in [0.1, 0.15) is 12.5 Å². The van der Waals surface area contributed by atoms with E-state index in [0.29, 0.717) is 49.1 Å². The summed E-state index contributed by atoms with van der Waals surface area (Å²) in [6.45, 7) is 1.27. The Balaban J connectivity index is 1.45. The number of nitrogens with one attached hydrogen (secondary N) is 3. The van der Waals surface area contributed by atoms with Gasteiger partial charge in [-0.2, -0.15) is 0 Å². The van der Waals surface area contributed by atoms with E-state index in [1.54, 1.807) is 12.1 Å². The van der Waals surface area contributed by atoms with E-state index >= 15 is 0 Å². The van der Waals surface area contributed by atoms with Crippen molar-refractivity contribution in [3.05, 3.63) is 64.7 Å². The molecule has 31 heavy (non-hydrogen) atoms. The Hall–Kier alpha value is -3.52. The maximum Gasteiger partial charge on any atom is 0.407 e. The van der Waals surface area contributed by atoms with Gasteiger partial charge in [0, 0.05) is 46.8 Å². The normalized spacial score (nSPS) is 15.3. The Morgan fingerprint density at radius 1 is 1.13 bits per heavy atom. The predicted molar refractivity (Wildman–Crippen MR) is 122 cm³/mol. The third kappa shape index (κ3) is 5.16. The molecule has 8 nitrogen and oxygen atoms in total. The Bertz CT molecular complexity index is 1070. The van der Waals surface area contributed by atoms with Crippen LogP contribution in [-0.4, -0.2) is 47.6 Å². The van der Waals surface area contributed by atoms with Crippen LogP contribution in [0.25, 0.3) is 0 Å². The molecule has 0 unspecified atom stereocenters. The van der Waals surface area contributed by atoms with E-state index < -0.39 is 6.09 Å². The molecule has 160 valence electrons. The number of rotatable bonds is 3. The summed E-state index contributed by atoms with van der Waals surface area (Å²) in [7, 11) is 0. The molecule has 2 aromatic rings. The first-order chi connectivity index (χ1) is 15.0. The second-order valence-corrected chi connectivity index (χ2v) is 7.74. The third-order valence-electron chi connectivity index (χ3n) is 5.15. The van der Waals surface area contributed by atoms with Crippen LogP contribution in [0.4, 0.5) is 21.9 Å². The third-order valence-corrected chi connectivity index (χ3v) is 5.38. The van der Waals surface area contributed by atoms with Gasteiger partial charge >= 0.3 is 6.09 Å². The average molecular weight is 440 g/mol. The van der Waals surface area contributed by atoms with E-state index in [0.717, 1.165) is 22.5 Å². The fourth-order valence-corrected chi connectivity index (χ4v) is 3.75. The zero-order valence-corrected chi connectivity index (χ0v) is 17.4. The molecule has 1 fully saturated rings. The minimum Gasteiger partial charge on any atom is -0.465 e. The van der Waals surface area contributed by atoms with Crippen molar-refractivity contribution in [2.45, 2.75) is 12.8 Å². The summed E-state index contributed by atoms with van der Waals surface area (Å²) in [5.74, 6) is 0.454. The van der Waals surface area contributed by atoms with E-state index in [9.17, 15) is 9.59 Å². The number of aliphatic imine (C=N–C) groups is 1. The van der Waals surface area contributed by atoms with Crippen molar-refractivity contribution < 1.29 is 14.7 Å². The van der Waals surface area contributed by atoms with E-state index in [1.165, 1.54) is 4.90 Å². The predicted octanol–water partition coefficient (Wildman–Crippen LogP) is 4.22. The van der Waals surface area contributed by atoms with Crippen LogP contribution in [0.2, 0.25) is 5.02 Å². The highest BCUT2D eigenvalue weighted by atomic mass is 35.5. The van der Waals surface area contributed by atoms with Gasteiger partial charge in [0.15, 0.2) is 0 Å². The molecule has 0 aliphatic carbocycles. The molecule has 0 radical (unpaired) electrons. The van der Waals surface area contributed by atoms with Crippen molar-refractivity contribution in [1.82, 2.24) is 4.90 Å². The number of anilines is 3. The summed E-state index contributed by atoms with van der Waals surface area (Å²) < 4.78 is 0. The first-order valence-corrected chi connectivity index (χ1v) is 10.3. The Morgan fingerprint density at radius 2 is 1.94 bits per heavy atom. The van der Waals surface area contributed by atoms with Crippen LogP contribution in [0.3, 0.4) is 0 Å². The minimum absolute atomic E-state index is 0.233. The number of likely N-dealkylation sites (tertiary alicyclic amines) is 1. The second kappa shape index (κ2) is 9.09. The van der Waals surface area contributed by atoms with Gasteiger partial charge < -0.3 is 26.0 Å². The van der Waals surface area contributed by atoms with Crippen molar-refractivity contribution in [1.29, 1.82) is 0 Å². The number of halogens is 1. The molecule has 2 heterocycles. The summed E-state index contributed by atoms with van der Waals surface area (Å²) >= 11 is 6.07. The van der Waals surface area contributed by atoms with Gasteiger partial charge in [-0.3, -0.25) is 4.79 Å². The number of carbonyl (C=O) groups is 2. The Kier molecular flexibility index (Phi) is 6.08. The lowest BCUT2D eigenvalue weighted by molar-refractivity contribution is -0.112. The highest BCUT2D eigenvalue weighted by molar-refractivity contribution is 6.31. The van der Waals surface area contributed by atoms with Crippen molar-refractivity contribution >= 4 is 46.5 Å². The number of amides is 2. The van der Waals surface area contributed by atoms with Gasteiger partial charge in [-0.25, -0.2) is 9.79 Å². The fourth-order valence-electron chi connectivity index (χ4n) is 3.56. The molecule has 9 heteroatoms. The molecule has 2 amide bonds. The number of hydrogen-bond donors (Lipinski definition) is 4. The first-order valence-electron chi connectivity index (χ1n) is 9.91. The molecule has 0 atom stereocenters. The summed E-state index contributed by atoms with van der Waals surface area (Å²) in [4.78, 5) is 29.3. The van der Waals surface area contributed by atoms with E-state index in [4.69, 9.17) is 16.7 Å². The molecule has 0 bridgehead atoms. The van der Waals surface area contributed by atoms with Crippen LogP contribution in [0.5, 0.6) is 0 Å².